The number of carbonyl (C=O) groups is 1. The molecule has 1 aromatic rings. The maximum absolute atomic E-state index is 11.9. The van der Waals surface area contributed by atoms with Crippen LogP contribution in [-0.2, 0) is 4.79 Å². The zero-order valence-corrected chi connectivity index (χ0v) is 10.4. The van der Waals surface area contributed by atoms with E-state index in [2.05, 4.69) is 11.8 Å². The Morgan fingerprint density at radius 2 is 2.00 bits per heavy atom. The first kappa shape index (κ1) is 13.5. The van der Waals surface area contributed by atoms with Crippen LogP contribution in [0, 0.1) is 17.8 Å². The minimum absolute atomic E-state index is 0.156. The van der Waals surface area contributed by atoms with Gasteiger partial charge in [0.25, 0.3) is 0 Å². The second kappa shape index (κ2) is 6.88. The molecule has 2 unspecified atom stereocenters. The molecular weight excluding hydrogens is 210 g/mol. The Balaban J connectivity index is 2.59. The normalized spacial score (nSPS) is 13.4. The summed E-state index contributed by atoms with van der Waals surface area (Å²) in [5.74, 6) is 5.72. The van der Waals surface area contributed by atoms with Gasteiger partial charge in [0.15, 0.2) is 0 Å². The SMILES string of the molecule is CC#CCCC(=O)C(C)C(N)c1ccccc1. The van der Waals surface area contributed by atoms with Gasteiger partial charge in [0.1, 0.15) is 5.78 Å². The molecule has 90 valence electrons. The first-order chi connectivity index (χ1) is 8.16. The topological polar surface area (TPSA) is 43.1 Å². The van der Waals surface area contributed by atoms with Crippen LogP contribution >= 0.6 is 0 Å². The van der Waals surface area contributed by atoms with Crippen LogP contribution in [0.15, 0.2) is 30.3 Å². The van der Waals surface area contributed by atoms with Crippen molar-refractivity contribution in [3.05, 3.63) is 35.9 Å². The van der Waals surface area contributed by atoms with Crippen molar-refractivity contribution in [2.75, 3.05) is 0 Å². The molecule has 0 bridgehead atoms. The zero-order chi connectivity index (χ0) is 12.7. The van der Waals surface area contributed by atoms with Crippen LogP contribution in [-0.4, -0.2) is 5.78 Å². The Morgan fingerprint density at radius 3 is 2.59 bits per heavy atom. The summed E-state index contributed by atoms with van der Waals surface area (Å²) in [6, 6.07) is 9.52. The first-order valence-corrected chi connectivity index (χ1v) is 5.89. The molecule has 0 aliphatic rings. The molecule has 17 heavy (non-hydrogen) atoms. The molecule has 0 aromatic heterocycles. The van der Waals surface area contributed by atoms with Crippen LogP contribution in [0.5, 0.6) is 0 Å². The predicted molar refractivity (Wildman–Crippen MR) is 70.2 cm³/mol. The van der Waals surface area contributed by atoms with E-state index in [1.807, 2.05) is 37.3 Å². The van der Waals surface area contributed by atoms with Crippen molar-refractivity contribution in [1.29, 1.82) is 0 Å². The molecule has 0 aliphatic heterocycles. The molecule has 0 heterocycles. The van der Waals surface area contributed by atoms with Gasteiger partial charge in [0.2, 0.25) is 0 Å². The zero-order valence-electron chi connectivity index (χ0n) is 10.4. The average molecular weight is 229 g/mol. The van der Waals surface area contributed by atoms with E-state index in [4.69, 9.17) is 5.73 Å². The smallest absolute Gasteiger partial charge is 0.138 e. The third-order valence-corrected chi connectivity index (χ3v) is 2.90. The van der Waals surface area contributed by atoms with Crippen molar-refractivity contribution in [2.45, 2.75) is 32.7 Å². The van der Waals surface area contributed by atoms with Crippen molar-refractivity contribution in [3.8, 4) is 11.8 Å². The number of carbonyl (C=O) groups excluding carboxylic acids is 1. The van der Waals surface area contributed by atoms with Crippen LogP contribution in [0.25, 0.3) is 0 Å². The van der Waals surface area contributed by atoms with E-state index in [1.165, 1.54) is 0 Å². The fourth-order valence-corrected chi connectivity index (χ4v) is 1.70. The summed E-state index contributed by atoms with van der Waals surface area (Å²) in [5, 5.41) is 0. The molecule has 2 heteroatoms. The summed E-state index contributed by atoms with van der Waals surface area (Å²) in [6.07, 6.45) is 1.11. The molecule has 1 rings (SSSR count). The molecule has 0 aliphatic carbocycles. The summed E-state index contributed by atoms with van der Waals surface area (Å²) in [5.41, 5.74) is 7.10. The molecule has 0 fully saturated rings. The number of nitrogens with two attached hydrogens (primary N) is 1. The van der Waals surface area contributed by atoms with Crippen LogP contribution in [0.1, 0.15) is 38.3 Å². The summed E-state index contributed by atoms with van der Waals surface area (Å²) >= 11 is 0. The van der Waals surface area contributed by atoms with Crippen LogP contribution in [0.4, 0.5) is 0 Å². The molecule has 0 saturated heterocycles. The second-order valence-corrected chi connectivity index (χ2v) is 4.12. The number of hydrogen-bond acceptors (Lipinski definition) is 2. The Morgan fingerprint density at radius 1 is 1.35 bits per heavy atom. The molecule has 0 spiro atoms. The lowest BCUT2D eigenvalue weighted by molar-refractivity contribution is -0.122. The van der Waals surface area contributed by atoms with Gasteiger partial charge in [-0.05, 0) is 12.5 Å². The number of ketones is 1. The van der Waals surface area contributed by atoms with E-state index < -0.39 is 0 Å². The fraction of sp³-hybridized carbons (Fsp3) is 0.400. The lowest BCUT2D eigenvalue weighted by Gasteiger charge is -2.18. The van der Waals surface area contributed by atoms with Crippen molar-refractivity contribution in [1.82, 2.24) is 0 Å². The number of benzene rings is 1. The Hall–Kier alpha value is -1.59. The third kappa shape index (κ3) is 4.05. The second-order valence-electron chi connectivity index (χ2n) is 4.12. The summed E-state index contributed by atoms with van der Waals surface area (Å²) in [6.45, 7) is 3.67. The van der Waals surface area contributed by atoms with Crippen LogP contribution in [0.2, 0.25) is 0 Å². The quantitative estimate of drug-likeness (QED) is 0.789. The molecule has 0 radical (unpaired) electrons. The third-order valence-electron chi connectivity index (χ3n) is 2.90. The average Bonchev–Trinajstić information content (AvgIpc) is 2.38. The van der Waals surface area contributed by atoms with E-state index in [1.54, 1.807) is 6.92 Å². The highest BCUT2D eigenvalue weighted by molar-refractivity contribution is 5.81. The minimum atomic E-state index is -0.224. The summed E-state index contributed by atoms with van der Waals surface area (Å²) < 4.78 is 0. The molecule has 2 N–H and O–H groups in total. The van der Waals surface area contributed by atoms with Crippen LogP contribution in [0.3, 0.4) is 0 Å². The lowest BCUT2D eigenvalue weighted by Crippen LogP contribution is -2.25. The Labute approximate surface area is 103 Å². The van der Waals surface area contributed by atoms with Crippen molar-refractivity contribution in [2.24, 2.45) is 11.7 Å². The van der Waals surface area contributed by atoms with E-state index in [9.17, 15) is 4.79 Å². The molecule has 0 amide bonds. The van der Waals surface area contributed by atoms with Gasteiger partial charge in [-0.3, -0.25) is 4.79 Å². The Kier molecular flexibility index (Phi) is 5.45. The van der Waals surface area contributed by atoms with E-state index in [-0.39, 0.29) is 17.7 Å². The van der Waals surface area contributed by atoms with Crippen molar-refractivity contribution < 1.29 is 4.79 Å². The van der Waals surface area contributed by atoms with E-state index in [0.29, 0.717) is 12.8 Å². The van der Waals surface area contributed by atoms with Crippen molar-refractivity contribution in [3.63, 3.8) is 0 Å². The maximum Gasteiger partial charge on any atom is 0.138 e. The van der Waals surface area contributed by atoms with Gasteiger partial charge in [-0.15, -0.1) is 11.8 Å². The number of Topliss-reactive ketones (excluding diaryl/α,β-unsaturated/α-hetero) is 1. The molecule has 2 atom stereocenters. The monoisotopic (exact) mass is 229 g/mol. The highest BCUT2D eigenvalue weighted by Crippen LogP contribution is 2.21. The minimum Gasteiger partial charge on any atom is -0.323 e. The highest BCUT2D eigenvalue weighted by Gasteiger charge is 2.21. The van der Waals surface area contributed by atoms with E-state index in [0.717, 1.165) is 5.56 Å². The van der Waals surface area contributed by atoms with E-state index >= 15 is 0 Å². The van der Waals surface area contributed by atoms with Crippen LogP contribution < -0.4 is 5.73 Å². The summed E-state index contributed by atoms with van der Waals surface area (Å²) in [4.78, 5) is 11.9. The predicted octanol–water partition coefficient (Wildman–Crippen LogP) is 2.70. The standard InChI is InChI=1S/C15H19NO/c1-3-4-6-11-14(17)12(2)15(16)13-9-7-5-8-10-13/h5,7-10,12,15H,6,11,16H2,1-2H3. The molecule has 1 aromatic carbocycles. The van der Waals surface area contributed by atoms with Gasteiger partial charge in [0.05, 0.1) is 0 Å². The first-order valence-electron chi connectivity index (χ1n) is 5.89. The van der Waals surface area contributed by atoms with Gasteiger partial charge >= 0.3 is 0 Å². The molecule has 2 nitrogen and oxygen atoms in total. The maximum atomic E-state index is 11.9. The fourth-order valence-electron chi connectivity index (χ4n) is 1.70. The highest BCUT2D eigenvalue weighted by atomic mass is 16.1. The number of rotatable bonds is 5. The summed E-state index contributed by atoms with van der Waals surface area (Å²) in [7, 11) is 0. The lowest BCUT2D eigenvalue weighted by atomic mass is 9.90. The van der Waals surface area contributed by atoms with Gasteiger partial charge in [0, 0.05) is 24.8 Å². The Bertz CT molecular complexity index is 414. The molecule has 0 saturated carbocycles. The van der Waals surface area contributed by atoms with Crippen molar-refractivity contribution >= 4 is 5.78 Å². The van der Waals surface area contributed by atoms with Gasteiger partial charge in [-0.1, -0.05) is 37.3 Å². The molecular formula is C15H19NO. The van der Waals surface area contributed by atoms with Gasteiger partial charge in [-0.2, -0.15) is 0 Å². The largest absolute Gasteiger partial charge is 0.323 e. The van der Waals surface area contributed by atoms with Gasteiger partial charge in [-0.25, -0.2) is 0 Å². The van der Waals surface area contributed by atoms with Gasteiger partial charge < -0.3 is 5.73 Å². The number of hydrogen-bond donors (Lipinski definition) is 1.